The molecule has 0 unspecified atom stereocenters. The molecule has 39 valence electrons. The third kappa shape index (κ3) is 49.2. The summed E-state index contributed by atoms with van der Waals surface area (Å²) in [5.74, 6) is 0. The molecule has 8 N–H and O–H groups in total. The van der Waals surface area contributed by atoms with E-state index in [1.54, 1.807) is 0 Å². The summed E-state index contributed by atoms with van der Waals surface area (Å²) in [5, 5.41) is 0. The van der Waals surface area contributed by atoms with Gasteiger partial charge in [-0.15, -0.1) is 0 Å². The molecule has 0 aliphatic carbocycles. The first-order valence-electron chi connectivity index (χ1n) is 0. The van der Waals surface area contributed by atoms with Crippen LogP contribution in [-0.2, 0) is 0 Å². The molecule has 0 aromatic heterocycles. The van der Waals surface area contributed by atoms with Crippen molar-refractivity contribution in [2.45, 2.75) is 0 Å². The van der Waals surface area contributed by atoms with Crippen molar-refractivity contribution in [1.29, 1.82) is 0 Å². The van der Waals surface area contributed by atoms with Gasteiger partial charge in [0.05, 0.1) is 0 Å². The molecular formula is H8InO4Sn. The van der Waals surface area contributed by atoms with Crippen molar-refractivity contribution < 1.29 is 21.9 Å². The van der Waals surface area contributed by atoms with Gasteiger partial charge >= 0.3 is 0 Å². The molecule has 0 aromatic rings. The van der Waals surface area contributed by atoms with E-state index in [1.165, 1.54) is 0 Å². The number of hydrogen-bond donors (Lipinski definition) is 0. The van der Waals surface area contributed by atoms with Gasteiger partial charge in [-0.25, -0.2) is 0 Å². The van der Waals surface area contributed by atoms with Crippen molar-refractivity contribution in [1.82, 2.24) is 0 Å². The van der Waals surface area contributed by atoms with Crippen LogP contribution in [0, 0.1) is 0 Å². The summed E-state index contributed by atoms with van der Waals surface area (Å²) >= 11 is 0. The molecule has 0 spiro atoms. The smallest absolute Gasteiger partial charge is 0 e. The van der Waals surface area contributed by atoms with Crippen molar-refractivity contribution in [2.24, 2.45) is 0 Å². The van der Waals surface area contributed by atoms with Crippen LogP contribution in [0.5, 0.6) is 0 Å². The maximum atomic E-state index is 0. The van der Waals surface area contributed by atoms with Gasteiger partial charge in [0.15, 0.2) is 0 Å². The van der Waals surface area contributed by atoms with Crippen molar-refractivity contribution in [3.05, 3.63) is 0 Å². The minimum atomic E-state index is 0. The molecular weight excluding hydrogens is 298 g/mol. The molecule has 0 aliphatic rings. The Bertz CT molecular complexity index is 7.51. The quantitative estimate of drug-likeness (QED) is 0.404. The molecule has 0 amide bonds. The molecule has 0 aliphatic heterocycles. The first kappa shape index (κ1) is 140. The zero-order valence-electron chi connectivity index (χ0n) is 3.08. The van der Waals surface area contributed by atoms with Crippen LogP contribution in [0.25, 0.3) is 0 Å². The van der Waals surface area contributed by atoms with Gasteiger partial charge in [-0.3, -0.25) is 0 Å². The second kappa shape index (κ2) is 86.8. The average Bonchev–Trinajstić information content (AvgIpc) is 0. The molecule has 0 bridgehead atoms. The van der Waals surface area contributed by atoms with Gasteiger partial charge in [-0.2, -0.15) is 0 Å². The van der Waals surface area contributed by atoms with Gasteiger partial charge in [0.25, 0.3) is 0 Å². The van der Waals surface area contributed by atoms with Gasteiger partial charge in [-0.1, -0.05) is 0 Å². The van der Waals surface area contributed by atoms with E-state index in [9.17, 15) is 0 Å². The SMILES string of the molecule is O.O.O.O.[In].[Sn]. The summed E-state index contributed by atoms with van der Waals surface area (Å²) in [4.78, 5) is 0. The molecule has 0 aromatic carbocycles. The Labute approximate surface area is 71.3 Å². The van der Waals surface area contributed by atoms with E-state index in [1.807, 2.05) is 0 Å². The third-order valence-corrected chi connectivity index (χ3v) is 0. The van der Waals surface area contributed by atoms with Gasteiger partial charge in [0, 0.05) is 49.8 Å². The Morgan fingerprint density at radius 1 is 0.500 bits per heavy atom. The second-order valence-corrected chi connectivity index (χ2v) is 0. The van der Waals surface area contributed by atoms with E-state index in [0.29, 0.717) is 0 Å². The minimum absolute atomic E-state index is 0. The third-order valence-electron chi connectivity index (χ3n) is 0. The number of rotatable bonds is 0. The maximum absolute atomic E-state index is 0. The molecule has 0 heterocycles. The molecule has 0 atom stereocenters. The van der Waals surface area contributed by atoms with E-state index in [4.69, 9.17) is 0 Å². The van der Waals surface area contributed by atoms with Crippen LogP contribution in [-0.4, -0.2) is 71.7 Å². The minimum Gasteiger partial charge on any atom is -0.412 e. The summed E-state index contributed by atoms with van der Waals surface area (Å²) in [6, 6.07) is 0. The molecule has 0 saturated heterocycles. The topological polar surface area (TPSA) is 126 Å². The van der Waals surface area contributed by atoms with Crippen LogP contribution in [0.2, 0.25) is 0 Å². The Balaban J connectivity index is 0. The summed E-state index contributed by atoms with van der Waals surface area (Å²) < 4.78 is 0. The van der Waals surface area contributed by atoms with Crippen LogP contribution in [0.4, 0.5) is 0 Å². The summed E-state index contributed by atoms with van der Waals surface area (Å²) in [6.07, 6.45) is 0. The van der Waals surface area contributed by atoms with Crippen LogP contribution >= 0.6 is 0 Å². The normalized spacial score (nSPS) is 0. The van der Waals surface area contributed by atoms with E-state index in [-0.39, 0.29) is 71.7 Å². The Kier molecular flexibility index (Phi) is 2020. The van der Waals surface area contributed by atoms with E-state index in [0.717, 1.165) is 0 Å². The molecule has 4 nitrogen and oxygen atoms in total. The van der Waals surface area contributed by atoms with Crippen molar-refractivity contribution in [3.8, 4) is 0 Å². The molecule has 0 fully saturated rings. The monoisotopic (exact) mass is 307 g/mol. The van der Waals surface area contributed by atoms with Crippen LogP contribution < -0.4 is 0 Å². The van der Waals surface area contributed by atoms with Crippen molar-refractivity contribution >= 4 is 49.8 Å². The standard InChI is InChI=1S/In.4H2O.Sn/h;4*1H2;. The Morgan fingerprint density at radius 2 is 0.500 bits per heavy atom. The fraction of sp³-hybridized carbons (Fsp3) is 0. The van der Waals surface area contributed by atoms with Gasteiger partial charge in [0.2, 0.25) is 0 Å². The first-order valence-corrected chi connectivity index (χ1v) is 0. The molecule has 6 heavy (non-hydrogen) atoms. The van der Waals surface area contributed by atoms with E-state index < -0.39 is 0 Å². The molecule has 0 rings (SSSR count). The second-order valence-electron chi connectivity index (χ2n) is 0. The number of hydrogen-bond acceptors (Lipinski definition) is 0. The summed E-state index contributed by atoms with van der Waals surface area (Å²) in [7, 11) is 0. The van der Waals surface area contributed by atoms with Crippen LogP contribution in [0.15, 0.2) is 0 Å². The first-order chi connectivity index (χ1) is 0. The molecule has 6 heteroatoms. The largest absolute Gasteiger partial charge is 0.412 e. The maximum Gasteiger partial charge on any atom is 0 e. The summed E-state index contributed by atoms with van der Waals surface area (Å²) in [5.41, 5.74) is 0. The van der Waals surface area contributed by atoms with Gasteiger partial charge < -0.3 is 21.9 Å². The zero-order chi connectivity index (χ0) is 0. The molecule has 0 saturated carbocycles. The summed E-state index contributed by atoms with van der Waals surface area (Å²) in [6.45, 7) is 0. The van der Waals surface area contributed by atoms with Gasteiger partial charge in [0.1, 0.15) is 0 Å². The molecule has 7 radical (unpaired) electrons. The van der Waals surface area contributed by atoms with E-state index >= 15 is 0 Å². The van der Waals surface area contributed by atoms with Crippen molar-refractivity contribution in [2.75, 3.05) is 0 Å². The van der Waals surface area contributed by atoms with E-state index in [2.05, 4.69) is 0 Å². The predicted octanol–water partition coefficient (Wildman–Crippen LogP) is -4.06. The van der Waals surface area contributed by atoms with Crippen LogP contribution in [0.1, 0.15) is 0 Å². The van der Waals surface area contributed by atoms with Crippen LogP contribution in [0.3, 0.4) is 0 Å². The zero-order valence-corrected chi connectivity index (χ0v) is 9.23. The van der Waals surface area contributed by atoms with Crippen molar-refractivity contribution in [3.63, 3.8) is 0 Å². The van der Waals surface area contributed by atoms with Gasteiger partial charge in [-0.05, 0) is 0 Å². The Morgan fingerprint density at radius 3 is 0.500 bits per heavy atom. The predicted molar refractivity (Wildman–Crippen MR) is 26.0 cm³/mol. The fourth-order valence-electron chi connectivity index (χ4n) is 0. The fourth-order valence-corrected chi connectivity index (χ4v) is 0. The Hall–Kier alpha value is 1.51. The average molecular weight is 306 g/mol.